The van der Waals surface area contributed by atoms with Crippen LogP contribution in [0, 0.1) is 6.92 Å². The van der Waals surface area contributed by atoms with Crippen LogP contribution in [0.3, 0.4) is 0 Å². The van der Waals surface area contributed by atoms with E-state index in [1.54, 1.807) is 0 Å². The topological polar surface area (TPSA) is 21.3 Å². The van der Waals surface area contributed by atoms with Crippen molar-refractivity contribution in [2.45, 2.75) is 20.1 Å². The van der Waals surface area contributed by atoms with Gasteiger partial charge in [0.05, 0.1) is 0 Å². The maximum absolute atomic E-state index is 5.90. The molecule has 0 aliphatic heterocycles. The van der Waals surface area contributed by atoms with Gasteiger partial charge in [0.25, 0.3) is 0 Å². The zero-order valence-corrected chi connectivity index (χ0v) is 14.4. The quantitative estimate of drug-likeness (QED) is 0.610. The number of ether oxygens (including phenoxy) is 1. The van der Waals surface area contributed by atoms with Gasteiger partial charge in [-0.1, -0.05) is 53.6 Å². The lowest BCUT2D eigenvalue weighted by Crippen LogP contribution is -2.00. The van der Waals surface area contributed by atoms with Crippen molar-refractivity contribution in [2.75, 3.05) is 5.32 Å². The molecule has 0 aromatic heterocycles. The van der Waals surface area contributed by atoms with E-state index in [1.807, 2.05) is 36.4 Å². The second kappa shape index (κ2) is 7.89. The normalized spacial score (nSPS) is 10.4. The first-order valence-corrected chi connectivity index (χ1v) is 8.33. The van der Waals surface area contributed by atoms with E-state index < -0.39 is 0 Å². The van der Waals surface area contributed by atoms with Gasteiger partial charge in [0.15, 0.2) is 0 Å². The lowest BCUT2D eigenvalue weighted by molar-refractivity contribution is 0.306. The standard InChI is InChI=1S/C21H20ClNO/c1-16-5-11-20(12-6-16)23-14-18-3-2-4-21(13-18)24-15-17-7-9-19(22)10-8-17/h2-13,23H,14-15H2,1H3. The predicted octanol–water partition coefficient (Wildman–Crippen LogP) is 5.84. The van der Waals surface area contributed by atoms with Crippen molar-refractivity contribution in [2.24, 2.45) is 0 Å². The van der Waals surface area contributed by atoms with Crippen LogP contribution in [0.1, 0.15) is 16.7 Å². The third kappa shape index (κ3) is 4.77. The summed E-state index contributed by atoms with van der Waals surface area (Å²) in [5, 5.41) is 4.16. The summed E-state index contributed by atoms with van der Waals surface area (Å²) in [4.78, 5) is 0. The fourth-order valence-corrected chi connectivity index (χ4v) is 2.49. The van der Waals surface area contributed by atoms with E-state index in [0.29, 0.717) is 6.61 Å². The first kappa shape index (κ1) is 16.4. The van der Waals surface area contributed by atoms with Crippen LogP contribution in [0.5, 0.6) is 5.75 Å². The number of halogens is 1. The molecule has 0 unspecified atom stereocenters. The number of benzene rings is 3. The monoisotopic (exact) mass is 337 g/mol. The zero-order chi connectivity index (χ0) is 16.8. The third-order valence-electron chi connectivity index (χ3n) is 3.77. The Bertz CT molecular complexity index is 717. The largest absolute Gasteiger partial charge is 0.489 e. The summed E-state index contributed by atoms with van der Waals surface area (Å²) in [6.45, 7) is 3.39. The third-order valence-corrected chi connectivity index (χ3v) is 4.02. The molecule has 0 aliphatic rings. The molecule has 3 rings (SSSR count). The highest BCUT2D eigenvalue weighted by Gasteiger charge is 2.00. The molecule has 0 amide bonds. The summed E-state index contributed by atoms with van der Waals surface area (Å²) < 4.78 is 5.87. The fraction of sp³-hybridized carbons (Fsp3) is 0.143. The van der Waals surface area contributed by atoms with Crippen LogP contribution in [-0.2, 0) is 13.2 Å². The number of hydrogen-bond acceptors (Lipinski definition) is 2. The highest BCUT2D eigenvalue weighted by atomic mass is 35.5. The molecule has 24 heavy (non-hydrogen) atoms. The fourth-order valence-electron chi connectivity index (χ4n) is 2.37. The van der Waals surface area contributed by atoms with Crippen molar-refractivity contribution in [1.29, 1.82) is 0 Å². The second-order valence-electron chi connectivity index (χ2n) is 5.78. The van der Waals surface area contributed by atoms with Crippen LogP contribution in [0.4, 0.5) is 5.69 Å². The average Bonchev–Trinajstić information content (AvgIpc) is 2.61. The van der Waals surface area contributed by atoms with Gasteiger partial charge < -0.3 is 10.1 Å². The van der Waals surface area contributed by atoms with Gasteiger partial charge in [-0.25, -0.2) is 0 Å². The smallest absolute Gasteiger partial charge is 0.120 e. The molecule has 3 heteroatoms. The predicted molar refractivity (Wildman–Crippen MR) is 101 cm³/mol. The molecule has 1 N–H and O–H groups in total. The Balaban J connectivity index is 1.57. The molecule has 0 heterocycles. The van der Waals surface area contributed by atoms with E-state index in [4.69, 9.17) is 16.3 Å². The van der Waals surface area contributed by atoms with Crippen LogP contribution in [0.25, 0.3) is 0 Å². The molecule has 3 aromatic carbocycles. The summed E-state index contributed by atoms with van der Waals surface area (Å²) in [6, 6.07) is 24.3. The molecule has 0 saturated carbocycles. The maximum Gasteiger partial charge on any atom is 0.120 e. The van der Waals surface area contributed by atoms with Crippen molar-refractivity contribution >= 4 is 17.3 Å². The average molecular weight is 338 g/mol. The number of anilines is 1. The van der Waals surface area contributed by atoms with Gasteiger partial charge in [-0.2, -0.15) is 0 Å². The van der Waals surface area contributed by atoms with Gasteiger partial charge >= 0.3 is 0 Å². The Morgan fingerprint density at radius 3 is 2.38 bits per heavy atom. The molecule has 0 fully saturated rings. The van der Waals surface area contributed by atoms with Crippen LogP contribution in [0.2, 0.25) is 5.02 Å². The van der Waals surface area contributed by atoms with Crippen molar-refractivity contribution in [3.05, 3.63) is 94.5 Å². The van der Waals surface area contributed by atoms with Crippen molar-refractivity contribution in [1.82, 2.24) is 0 Å². The summed E-state index contributed by atoms with van der Waals surface area (Å²) in [5.41, 5.74) is 4.66. The van der Waals surface area contributed by atoms with Crippen molar-refractivity contribution < 1.29 is 4.74 Å². The molecular formula is C21H20ClNO. The Kier molecular flexibility index (Phi) is 5.39. The molecule has 0 atom stereocenters. The summed E-state index contributed by atoms with van der Waals surface area (Å²) in [6.07, 6.45) is 0. The Hall–Kier alpha value is -2.45. The highest BCUT2D eigenvalue weighted by molar-refractivity contribution is 6.30. The highest BCUT2D eigenvalue weighted by Crippen LogP contribution is 2.18. The van der Waals surface area contributed by atoms with E-state index in [9.17, 15) is 0 Å². The number of nitrogens with one attached hydrogen (secondary N) is 1. The molecule has 3 aromatic rings. The van der Waals surface area contributed by atoms with Crippen molar-refractivity contribution in [3.63, 3.8) is 0 Å². The first-order chi connectivity index (χ1) is 11.7. The molecule has 2 nitrogen and oxygen atoms in total. The van der Waals surface area contributed by atoms with Gasteiger partial charge in [0.2, 0.25) is 0 Å². The van der Waals surface area contributed by atoms with Gasteiger partial charge in [-0.05, 0) is 54.4 Å². The van der Waals surface area contributed by atoms with Crippen LogP contribution >= 0.6 is 11.6 Å². The minimum absolute atomic E-state index is 0.534. The van der Waals surface area contributed by atoms with E-state index in [2.05, 4.69) is 48.6 Å². The maximum atomic E-state index is 5.90. The van der Waals surface area contributed by atoms with Crippen molar-refractivity contribution in [3.8, 4) is 5.75 Å². The van der Waals surface area contributed by atoms with E-state index >= 15 is 0 Å². The minimum Gasteiger partial charge on any atom is -0.489 e. The van der Waals surface area contributed by atoms with Crippen LogP contribution < -0.4 is 10.1 Å². The minimum atomic E-state index is 0.534. The van der Waals surface area contributed by atoms with Gasteiger partial charge in [-0.3, -0.25) is 0 Å². The molecule has 0 bridgehead atoms. The number of aryl methyl sites for hydroxylation is 1. The molecule has 0 spiro atoms. The summed E-state index contributed by atoms with van der Waals surface area (Å²) in [7, 11) is 0. The number of rotatable bonds is 6. The second-order valence-corrected chi connectivity index (χ2v) is 6.22. The SMILES string of the molecule is Cc1ccc(NCc2cccc(OCc3ccc(Cl)cc3)c2)cc1. The summed E-state index contributed by atoms with van der Waals surface area (Å²) >= 11 is 5.90. The number of hydrogen-bond donors (Lipinski definition) is 1. The molecule has 0 saturated heterocycles. The van der Waals surface area contributed by atoms with Crippen LogP contribution in [-0.4, -0.2) is 0 Å². The van der Waals surface area contributed by atoms with E-state index in [1.165, 1.54) is 11.1 Å². The van der Waals surface area contributed by atoms with E-state index in [-0.39, 0.29) is 0 Å². The van der Waals surface area contributed by atoms with Gasteiger partial charge in [-0.15, -0.1) is 0 Å². The Labute approximate surface area is 148 Å². The van der Waals surface area contributed by atoms with E-state index in [0.717, 1.165) is 28.6 Å². The molecular weight excluding hydrogens is 318 g/mol. The first-order valence-electron chi connectivity index (χ1n) is 7.96. The lowest BCUT2D eigenvalue weighted by Gasteiger charge is -2.10. The summed E-state index contributed by atoms with van der Waals surface area (Å²) in [5.74, 6) is 0.869. The molecule has 0 aliphatic carbocycles. The lowest BCUT2D eigenvalue weighted by atomic mass is 10.2. The van der Waals surface area contributed by atoms with Crippen LogP contribution in [0.15, 0.2) is 72.8 Å². The zero-order valence-electron chi connectivity index (χ0n) is 13.6. The molecule has 0 radical (unpaired) electrons. The molecule has 122 valence electrons. The Morgan fingerprint density at radius 1 is 0.875 bits per heavy atom. The Morgan fingerprint density at radius 2 is 1.62 bits per heavy atom. The van der Waals surface area contributed by atoms with Gasteiger partial charge in [0, 0.05) is 17.3 Å². The van der Waals surface area contributed by atoms with Gasteiger partial charge in [0.1, 0.15) is 12.4 Å².